The summed E-state index contributed by atoms with van der Waals surface area (Å²) < 4.78 is 0. The molecular formula is C10H16NS+. The first-order valence-corrected chi connectivity index (χ1v) is 5.39. The Balaban J connectivity index is 2.16. The van der Waals surface area contributed by atoms with E-state index in [1.165, 1.54) is 23.5 Å². The minimum Gasteiger partial charge on any atom is -0.358 e. The Morgan fingerprint density at radius 2 is 1.83 bits per heavy atom. The average Bonchev–Trinajstić information content (AvgIpc) is 2.14. The normalized spacial score (nSPS) is 10.1. The van der Waals surface area contributed by atoms with Crippen LogP contribution in [0.4, 0.5) is 0 Å². The molecule has 1 aromatic carbocycles. The van der Waals surface area contributed by atoms with Gasteiger partial charge < -0.3 is 5.73 Å². The molecule has 2 heteroatoms. The molecule has 1 nitrogen and oxygen atoms in total. The molecular weight excluding hydrogens is 166 g/mol. The Kier molecular flexibility index (Phi) is 4.88. The molecule has 0 atom stereocenters. The summed E-state index contributed by atoms with van der Waals surface area (Å²) in [4.78, 5) is 1.38. The molecule has 1 aromatic rings. The van der Waals surface area contributed by atoms with Crippen LogP contribution < -0.4 is 5.73 Å². The van der Waals surface area contributed by atoms with Gasteiger partial charge in [0.2, 0.25) is 0 Å². The maximum absolute atomic E-state index is 3.82. The van der Waals surface area contributed by atoms with E-state index in [9.17, 15) is 0 Å². The number of hydrogen-bond acceptors (Lipinski definition) is 1. The summed E-state index contributed by atoms with van der Waals surface area (Å²) in [6, 6.07) is 10.6. The van der Waals surface area contributed by atoms with E-state index in [1.54, 1.807) is 0 Å². The Morgan fingerprint density at radius 3 is 2.50 bits per heavy atom. The number of hydrogen-bond donors (Lipinski definition) is 1. The zero-order valence-corrected chi connectivity index (χ0v) is 8.15. The van der Waals surface area contributed by atoms with E-state index in [4.69, 9.17) is 0 Å². The third-order valence-electron chi connectivity index (χ3n) is 1.66. The molecule has 0 aliphatic rings. The van der Waals surface area contributed by atoms with Crippen molar-refractivity contribution in [3.63, 3.8) is 0 Å². The van der Waals surface area contributed by atoms with Gasteiger partial charge in [0.05, 0.1) is 6.54 Å². The van der Waals surface area contributed by atoms with Crippen LogP contribution in [0.2, 0.25) is 0 Å². The van der Waals surface area contributed by atoms with Crippen LogP contribution in [-0.2, 0) is 0 Å². The Hall–Kier alpha value is -0.470. The van der Waals surface area contributed by atoms with Gasteiger partial charge in [0.25, 0.3) is 0 Å². The van der Waals surface area contributed by atoms with Crippen LogP contribution in [0.5, 0.6) is 0 Å². The number of quaternary nitrogens is 1. The van der Waals surface area contributed by atoms with E-state index >= 15 is 0 Å². The summed E-state index contributed by atoms with van der Waals surface area (Å²) in [5.74, 6) is 1.22. The summed E-state index contributed by atoms with van der Waals surface area (Å²) in [6.45, 7) is 1.06. The minimum atomic E-state index is 1.06. The van der Waals surface area contributed by atoms with Gasteiger partial charge in [-0.25, -0.2) is 0 Å². The second-order valence-corrected chi connectivity index (χ2v) is 3.89. The molecule has 0 saturated carbocycles. The molecule has 0 saturated heterocycles. The SMILES string of the molecule is [NH3+]CCCCSc1ccccc1. The Bertz CT molecular complexity index is 198. The van der Waals surface area contributed by atoms with Crippen LogP contribution in [-0.4, -0.2) is 12.3 Å². The largest absolute Gasteiger partial charge is 0.358 e. The molecule has 0 aliphatic heterocycles. The quantitative estimate of drug-likeness (QED) is 0.546. The lowest BCUT2D eigenvalue weighted by Gasteiger charge is -1.98. The molecule has 0 aliphatic carbocycles. The number of unbranched alkanes of at least 4 members (excludes halogenated alkanes) is 1. The number of benzene rings is 1. The van der Waals surface area contributed by atoms with Crippen molar-refractivity contribution in [2.24, 2.45) is 0 Å². The standard InChI is InChI=1S/C10H15NS/c11-8-4-5-9-12-10-6-2-1-3-7-10/h1-3,6-7H,4-5,8-9,11H2/p+1. The van der Waals surface area contributed by atoms with Crippen LogP contribution in [0.3, 0.4) is 0 Å². The highest BCUT2D eigenvalue weighted by Crippen LogP contribution is 2.17. The van der Waals surface area contributed by atoms with Crippen molar-refractivity contribution in [1.82, 2.24) is 0 Å². The smallest absolute Gasteiger partial charge is 0.0740 e. The lowest BCUT2D eigenvalue weighted by molar-refractivity contribution is -0.368. The summed E-state index contributed by atoms with van der Waals surface area (Å²) >= 11 is 1.93. The lowest BCUT2D eigenvalue weighted by atomic mass is 10.3. The maximum Gasteiger partial charge on any atom is 0.0740 e. The van der Waals surface area contributed by atoms with E-state index in [2.05, 4.69) is 36.1 Å². The van der Waals surface area contributed by atoms with Gasteiger partial charge in [0.1, 0.15) is 0 Å². The van der Waals surface area contributed by atoms with Crippen molar-refractivity contribution in [2.45, 2.75) is 17.7 Å². The van der Waals surface area contributed by atoms with Crippen molar-refractivity contribution in [2.75, 3.05) is 12.3 Å². The highest BCUT2D eigenvalue weighted by atomic mass is 32.2. The van der Waals surface area contributed by atoms with Gasteiger partial charge >= 0.3 is 0 Å². The van der Waals surface area contributed by atoms with Crippen LogP contribution in [0.1, 0.15) is 12.8 Å². The number of rotatable bonds is 5. The van der Waals surface area contributed by atoms with Crippen molar-refractivity contribution >= 4 is 11.8 Å². The highest BCUT2D eigenvalue weighted by Gasteiger charge is 1.91. The van der Waals surface area contributed by atoms with Gasteiger partial charge in [-0.2, -0.15) is 0 Å². The van der Waals surface area contributed by atoms with Gasteiger partial charge in [-0.1, -0.05) is 18.2 Å². The fraction of sp³-hybridized carbons (Fsp3) is 0.400. The van der Waals surface area contributed by atoms with Gasteiger partial charge in [0, 0.05) is 4.90 Å². The van der Waals surface area contributed by atoms with Crippen LogP contribution in [0.25, 0.3) is 0 Å². The molecule has 3 N–H and O–H groups in total. The lowest BCUT2D eigenvalue weighted by Crippen LogP contribution is -2.50. The topological polar surface area (TPSA) is 27.6 Å². The molecule has 1 rings (SSSR count). The predicted molar refractivity (Wildman–Crippen MR) is 54.2 cm³/mol. The molecule has 12 heavy (non-hydrogen) atoms. The highest BCUT2D eigenvalue weighted by molar-refractivity contribution is 7.99. The average molecular weight is 182 g/mol. The summed E-state index contributed by atoms with van der Waals surface area (Å²) in [6.07, 6.45) is 2.53. The zero-order chi connectivity index (χ0) is 8.65. The van der Waals surface area contributed by atoms with Crippen molar-refractivity contribution in [3.8, 4) is 0 Å². The van der Waals surface area contributed by atoms with E-state index in [0.29, 0.717) is 0 Å². The predicted octanol–water partition coefficient (Wildman–Crippen LogP) is 1.80. The number of thioether (sulfide) groups is 1. The molecule has 0 fully saturated rings. The molecule has 0 bridgehead atoms. The molecule has 0 spiro atoms. The van der Waals surface area contributed by atoms with E-state index in [0.717, 1.165) is 6.54 Å². The van der Waals surface area contributed by atoms with Crippen molar-refractivity contribution in [1.29, 1.82) is 0 Å². The first-order valence-electron chi connectivity index (χ1n) is 4.40. The van der Waals surface area contributed by atoms with Gasteiger partial charge in [-0.15, -0.1) is 11.8 Å². The van der Waals surface area contributed by atoms with Crippen LogP contribution in [0, 0.1) is 0 Å². The molecule has 0 unspecified atom stereocenters. The van der Waals surface area contributed by atoms with E-state index < -0.39 is 0 Å². The van der Waals surface area contributed by atoms with Gasteiger partial charge in [0.15, 0.2) is 0 Å². The summed E-state index contributed by atoms with van der Waals surface area (Å²) in [5.41, 5.74) is 3.82. The fourth-order valence-electron chi connectivity index (χ4n) is 0.986. The van der Waals surface area contributed by atoms with Crippen molar-refractivity contribution < 1.29 is 5.73 Å². The van der Waals surface area contributed by atoms with Crippen molar-refractivity contribution in [3.05, 3.63) is 30.3 Å². The van der Waals surface area contributed by atoms with Crippen LogP contribution >= 0.6 is 11.8 Å². The molecule has 0 amide bonds. The van der Waals surface area contributed by atoms with E-state index in [1.807, 2.05) is 11.8 Å². The fourth-order valence-corrected chi connectivity index (χ4v) is 1.92. The molecule has 0 radical (unpaired) electrons. The molecule has 0 heterocycles. The van der Waals surface area contributed by atoms with Gasteiger partial charge in [-0.3, -0.25) is 0 Å². The third-order valence-corrected chi connectivity index (χ3v) is 2.75. The zero-order valence-electron chi connectivity index (χ0n) is 7.33. The summed E-state index contributed by atoms with van der Waals surface area (Å²) in [7, 11) is 0. The van der Waals surface area contributed by atoms with E-state index in [-0.39, 0.29) is 0 Å². The van der Waals surface area contributed by atoms with Gasteiger partial charge in [-0.05, 0) is 30.7 Å². The molecule has 66 valence electrons. The molecule has 0 aromatic heterocycles. The first kappa shape index (κ1) is 9.62. The first-order chi connectivity index (χ1) is 5.93. The maximum atomic E-state index is 3.82. The Morgan fingerprint density at radius 1 is 1.08 bits per heavy atom. The minimum absolute atomic E-state index is 1.06. The second kappa shape index (κ2) is 6.09. The van der Waals surface area contributed by atoms with Crippen LogP contribution in [0.15, 0.2) is 35.2 Å². The summed E-state index contributed by atoms with van der Waals surface area (Å²) in [5, 5.41) is 0. The Labute approximate surface area is 78.4 Å². The third kappa shape index (κ3) is 3.79. The monoisotopic (exact) mass is 182 g/mol. The second-order valence-electron chi connectivity index (χ2n) is 2.72.